The van der Waals surface area contributed by atoms with Crippen molar-refractivity contribution < 1.29 is 0 Å². The van der Waals surface area contributed by atoms with E-state index in [0.717, 1.165) is 11.8 Å². The summed E-state index contributed by atoms with van der Waals surface area (Å²) in [6.45, 7) is 6.94. The topological polar surface area (TPSA) is 12.0 Å². The summed E-state index contributed by atoms with van der Waals surface area (Å²) in [5, 5.41) is 3.62. The molecule has 2 unspecified atom stereocenters. The molecule has 0 bridgehead atoms. The Labute approximate surface area is 86.5 Å². The van der Waals surface area contributed by atoms with Gasteiger partial charge in [0.05, 0.1) is 0 Å². The fraction of sp³-hybridized carbons (Fsp3) is 0.538. The van der Waals surface area contributed by atoms with Crippen LogP contribution in [0.2, 0.25) is 0 Å². The first-order valence-electron chi connectivity index (χ1n) is 5.53. The van der Waals surface area contributed by atoms with Crippen molar-refractivity contribution in [1.29, 1.82) is 0 Å². The molecule has 0 saturated carbocycles. The molecular weight excluding hydrogens is 170 g/mol. The lowest BCUT2D eigenvalue weighted by Gasteiger charge is -2.23. The monoisotopic (exact) mass is 189 g/mol. The molecule has 14 heavy (non-hydrogen) atoms. The molecule has 1 heterocycles. The Balaban J connectivity index is 2.12. The summed E-state index contributed by atoms with van der Waals surface area (Å²) in [5.74, 6) is 1.49. The number of benzene rings is 1. The van der Waals surface area contributed by atoms with Crippen LogP contribution in [0.15, 0.2) is 24.3 Å². The molecule has 0 aliphatic carbocycles. The molecule has 0 fully saturated rings. The Bertz CT molecular complexity index is 292. The Morgan fingerprint density at radius 2 is 1.93 bits per heavy atom. The summed E-state index contributed by atoms with van der Waals surface area (Å²) in [7, 11) is 0. The maximum atomic E-state index is 3.62. The molecule has 1 N–H and O–H groups in total. The molecule has 1 aliphatic heterocycles. The number of hydrogen-bond donors (Lipinski definition) is 1. The van der Waals surface area contributed by atoms with Crippen molar-refractivity contribution in [3.8, 4) is 0 Å². The van der Waals surface area contributed by atoms with E-state index in [0.29, 0.717) is 6.04 Å². The van der Waals surface area contributed by atoms with E-state index in [-0.39, 0.29) is 0 Å². The number of hydrogen-bond acceptors (Lipinski definition) is 1. The summed E-state index contributed by atoms with van der Waals surface area (Å²) < 4.78 is 0. The van der Waals surface area contributed by atoms with Crippen molar-refractivity contribution in [3.63, 3.8) is 0 Å². The lowest BCUT2D eigenvalue weighted by atomic mass is 9.89. The third-order valence-electron chi connectivity index (χ3n) is 3.48. The quantitative estimate of drug-likeness (QED) is 0.752. The van der Waals surface area contributed by atoms with E-state index in [4.69, 9.17) is 0 Å². The van der Waals surface area contributed by atoms with Crippen LogP contribution in [-0.4, -0.2) is 6.04 Å². The third kappa shape index (κ3) is 1.63. The molecule has 0 aromatic heterocycles. The highest BCUT2D eigenvalue weighted by Gasteiger charge is 2.26. The maximum Gasteiger partial charge on any atom is 0.0375 e. The van der Waals surface area contributed by atoms with Crippen LogP contribution in [-0.2, 0) is 6.42 Å². The van der Waals surface area contributed by atoms with Crippen LogP contribution in [0.4, 0.5) is 5.69 Å². The van der Waals surface area contributed by atoms with E-state index in [1.165, 1.54) is 17.7 Å². The lowest BCUT2D eigenvalue weighted by Crippen LogP contribution is -2.28. The number of fused-ring (bicyclic) bond motifs is 1. The maximum absolute atomic E-state index is 3.62. The molecule has 1 aromatic carbocycles. The van der Waals surface area contributed by atoms with Gasteiger partial charge < -0.3 is 5.32 Å². The van der Waals surface area contributed by atoms with Gasteiger partial charge >= 0.3 is 0 Å². The first-order valence-corrected chi connectivity index (χ1v) is 5.53. The molecule has 1 aromatic rings. The number of rotatable bonds is 2. The Kier molecular flexibility index (Phi) is 2.49. The normalized spacial score (nSPS) is 21.9. The molecule has 0 saturated heterocycles. The van der Waals surface area contributed by atoms with E-state index in [1.54, 1.807) is 0 Å². The Morgan fingerprint density at radius 1 is 1.21 bits per heavy atom. The molecular formula is C13H19N. The minimum atomic E-state index is 0.632. The van der Waals surface area contributed by atoms with Crippen molar-refractivity contribution in [2.24, 2.45) is 11.8 Å². The van der Waals surface area contributed by atoms with Gasteiger partial charge in [-0.3, -0.25) is 0 Å². The van der Waals surface area contributed by atoms with Crippen LogP contribution >= 0.6 is 0 Å². The van der Waals surface area contributed by atoms with Crippen LogP contribution in [0.5, 0.6) is 0 Å². The van der Waals surface area contributed by atoms with Gasteiger partial charge in [-0.05, 0) is 29.9 Å². The van der Waals surface area contributed by atoms with Gasteiger partial charge in [0.1, 0.15) is 0 Å². The fourth-order valence-electron chi connectivity index (χ4n) is 2.11. The molecule has 0 amide bonds. The van der Waals surface area contributed by atoms with Crippen LogP contribution in [0.1, 0.15) is 26.3 Å². The zero-order valence-electron chi connectivity index (χ0n) is 9.25. The summed E-state index contributed by atoms with van der Waals surface area (Å²) in [4.78, 5) is 0. The number of para-hydroxylation sites is 1. The smallest absolute Gasteiger partial charge is 0.0375 e. The highest BCUT2D eigenvalue weighted by atomic mass is 15.0. The molecule has 76 valence electrons. The van der Waals surface area contributed by atoms with Crippen molar-refractivity contribution in [2.45, 2.75) is 33.2 Å². The molecule has 2 atom stereocenters. The fourth-order valence-corrected chi connectivity index (χ4v) is 2.11. The molecule has 1 heteroatoms. The van der Waals surface area contributed by atoms with Gasteiger partial charge in [0.2, 0.25) is 0 Å². The lowest BCUT2D eigenvalue weighted by molar-refractivity contribution is 0.368. The molecule has 1 aliphatic rings. The zero-order valence-corrected chi connectivity index (χ0v) is 9.25. The average molecular weight is 189 g/mol. The molecule has 2 rings (SSSR count). The first kappa shape index (κ1) is 9.57. The summed E-state index contributed by atoms with van der Waals surface area (Å²) in [6, 6.07) is 9.28. The van der Waals surface area contributed by atoms with E-state index >= 15 is 0 Å². The predicted octanol–water partition coefficient (Wildman–Crippen LogP) is 3.32. The highest BCUT2D eigenvalue weighted by Crippen LogP contribution is 2.30. The van der Waals surface area contributed by atoms with E-state index in [1.807, 2.05) is 0 Å². The molecule has 0 radical (unpaired) electrons. The van der Waals surface area contributed by atoms with Crippen LogP contribution in [0.3, 0.4) is 0 Å². The van der Waals surface area contributed by atoms with Gasteiger partial charge in [0, 0.05) is 11.7 Å². The van der Waals surface area contributed by atoms with Crippen LogP contribution < -0.4 is 5.32 Å². The zero-order chi connectivity index (χ0) is 10.1. The van der Waals surface area contributed by atoms with Crippen molar-refractivity contribution in [2.75, 3.05) is 5.32 Å². The standard InChI is InChI=1S/C13H19N/c1-9(2)10(3)13-8-11-6-4-5-7-12(11)14-13/h4-7,9-10,13-14H,8H2,1-3H3. The average Bonchev–Trinajstić information content (AvgIpc) is 2.59. The largest absolute Gasteiger partial charge is 0.381 e. The number of nitrogens with one attached hydrogen (secondary N) is 1. The van der Waals surface area contributed by atoms with Gasteiger partial charge in [-0.2, -0.15) is 0 Å². The SMILES string of the molecule is CC(C)C(C)C1Cc2ccccc2N1. The van der Waals surface area contributed by atoms with Gasteiger partial charge in [-0.15, -0.1) is 0 Å². The van der Waals surface area contributed by atoms with Crippen molar-refractivity contribution in [3.05, 3.63) is 29.8 Å². The third-order valence-corrected chi connectivity index (χ3v) is 3.48. The summed E-state index contributed by atoms with van der Waals surface area (Å²) in [5.41, 5.74) is 2.81. The Morgan fingerprint density at radius 3 is 2.57 bits per heavy atom. The second-order valence-electron chi connectivity index (χ2n) is 4.72. The molecule has 0 spiro atoms. The summed E-state index contributed by atoms with van der Waals surface area (Å²) in [6.07, 6.45) is 1.19. The first-order chi connectivity index (χ1) is 6.68. The van der Waals surface area contributed by atoms with Gasteiger partial charge in [0.15, 0.2) is 0 Å². The van der Waals surface area contributed by atoms with Crippen molar-refractivity contribution in [1.82, 2.24) is 0 Å². The predicted molar refractivity (Wildman–Crippen MR) is 61.6 cm³/mol. The highest BCUT2D eigenvalue weighted by molar-refractivity contribution is 5.56. The second kappa shape index (κ2) is 3.64. The van der Waals surface area contributed by atoms with Gasteiger partial charge in [-0.25, -0.2) is 0 Å². The Hall–Kier alpha value is -0.980. The summed E-state index contributed by atoms with van der Waals surface area (Å²) >= 11 is 0. The van der Waals surface area contributed by atoms with Gasteiger partial charge in [0.25, 0.3) is 0 Å². The van der Waals surface area contributed by atoms with E-state index in [9.17, 15) is 0 Å². The van der Waals surface area contributed by atoms with Crippen LogP contribution in [0.25, 0.3) is 0 Å². The second-order valence-corrected chi connectivity index (χ2v) is 4.72. The minimum absolute atomic E-state index is 0.632. The number of anilines is 1. The minimum Gasteiger partial charge on any atom is -0.381 e. The van der Waals surface area contributed by atoms with Crippen molar-refractivity contribution >= 4 is 5.69 Å². The van der Waals surface area contributed by atoms with Gasteiger partial charge in [-0.1, -0.05) is 39.0 Å². The van der Waals surface area contributed by atoms with E-state index < -0.39 is 0 Å². The molecule has 1 nitrogen and oxygen atoms in total. The van der Waals surface area contributed by atoms with E-state index in [2.05, 4.69) is 50.4 Å². The van der Waals surface area contributed by atoms with Crippen LogP contribution in [0, 0.1) is 11.8 Å².